The first kappa shape index (κ1) is 23.6. The number of piperazine rings is 1. The highest BCUT2D eigenvalue weighted by atomic mass is 16.2. The van der Waals surface area contributed by atoms with Crippen LogP contribution in [-0.4, -0.2) is 73.0 Å². The molecule has 0 unspecified atom stereocenters. The van der Waals surface area contributed by atoms with E-state index in [2.05, 4.69) is 64.1 Å². The molecule has 7 nitrogen and oxygen atoms in total. The van der Waals surface area contributed by atoms with Crippen LogP contribution in [0, 0.1) is 18.3 Å². The van der Waals surface area contributed by atoms with Crippen LogP contribution in [0.25, 0.3) is 33.3 Å². The van der Waals surface area contributed by atoms with E-state index in [1.165, 1.54) is 16.2 Å². The quantitative estimate of drug-likeness (QED) is 0.466. The molecule has 0 radical (unpaired) electrons. The van der Waals surface area contributed by atoms with Crippen molar-refractivity contribution in [2.75, 3.05) is 52.2 Å². The zero-order valence-electron chi connectivity index (χ0n) is 21.2. The van der Waals surface area contributed by atoms with Crippen molar-refractivity contribution in [3.05, 3.63) is 71.5 Å². The van der Waals surface area contributed by atoms with Gasteiger partial charge in [-0.2, -0.15) is 5.26 Å². The molecule has 1 saturated heterocycles. The monoisotopic (exact) mass is 478 g/mol. The minimum Gasteiger partial charge on any atom is -0.369 e. The Labute approximate surface area is 211 Å². The summed E-state index contributed by atoms with van der Waals surface area (Å²) in [6.07, 6.45) is 3.81. The third-order valence-electron chi connectivity index (χ3n) is 6.99. The molecule has 36 heavy (non-hydrogen) atoms. The van der Waals surface area contributed by atoms with Gasteiger partial charge in [-0.25, -0.2) is 4.98 Å². The molecule has 1 fully saturated rings. The van der Waals surface area contributed by atoms with Gasteiger partial charge in [0.15, 0.2) is 0 Å². The standard InChI is InChI=1S/C29H30N6O/c1-19-13-20(6-8-27(19)35-11-9-34(4)10-12-35)23-15-25-26(18-32-28(25)31-17-23)21-5-7-24(22(14-21)16-30)29(36)33(2)3/h5-8,13-15,17-18H,9-12H2,1-4H3,(H,31,32). The molecular formula is C29H30N6O. The number of benzene rings is 2. The molecule has 0 aliphatic carbocycles. The zero-order chi connectivity index (χ0) is 25.4. The number of aryl methyl sites for hydroxylation is 1. The van der Waals surface area contributed by atoms with E-state index in [1.54, 1.807) is 26.2 Å². The Hall–Kier alpha value is -4.15. The second-order valence-corrected chi connectivity index (χ2v) is 9.69. The van der Waals surface area contributed by atoms with Gasteiger partial charge in [-0.15, -0.1) is 0 Å². The normalized spacial score (nSPS) is 14.1. The molecule has 3 heterocycles. The second kappa shape index (κ2) is 9.48. The van der Waals surface area contributed by atoms with Crippen LogP contribution in [0.2, 0.25) is 0 Å². The number of nitriles is 1. The maximum Gasteiger partial charge on any atom is 0.254 e. The summed E-state index contributed by atoms with van der Waals surface area (Å²) in [6, 6.07) is 16.3. The summed E-state index contributed by atoms with van der Waals surface area (Å²) in [6.45, 7) is 6.41. The number of amides is 1. The number of hydrogen-bond donors (Lipinski definition) is 1. The van der Waals surface area contributed by atoms with Gasteiger partial charge in [-0.05, 0) is 61.0 Å². The SMILES string of the molecule is Cc1cc(-c2cnc3[nH]cc(-c4ccc(C(=O)N(C)C)c(C#N)c4)c3c2)ccc1N1CCN(C)CC1. The lowest BCUT2D eigenvalue weighted by atomic mass is 9.97. The van der Waals surface area contributed by atoms with Crippen LogP contribution >= 0.6 is 0 Å². The van der Waals surface area contributed by atoms with Crippen molar-refractivity contribution in [1.29, 1.82) is 5.26 Å². The van der Waals surface area contributed by atoms with Gasteiger partial charge in [-0.1, -0.05) is 12.1 Å². The Morgan fingerprint density at radius 1 is 1.03 bits per heavy atom. The molecule has 1 aliphatic heterocycles. The van der Waals surface area contributed by atoms with Crippen molar-refractivity contribution < 1.29 is 4.79 Å². The predicted octanol–water partition coefficient (Wildman–Crippen LogP) is 4.53. The van der Waals surface area contributed by atoms with Gasteiger partial charge in [0.2, 0.25) is 0 Å². The third-order valence-corrected chi connectivity index (χ3v) is 6.99. The Kier molecular flexibility index (Phi) is 6.21. The minimum atomic E-state index is -0.184. The summed E-state index contributed by atoms with van der Waals surface area (Å²) in [5.41, 5.74) is 8.07. The van der Waals surface area contributed by atoms with Gasteiger partial charge in [0.1, 0.15) is 5.65 Å². The Balaban J connectivity index is 1.50. The predicted molar refractivity (Wildman–Crippen MR) is 144 cm³/mol. The van der Waals surface area contributed by atoms with Gasteiger partial charge < -0.3 is 19.7 Å². The summed E-state index contributed by atoms with van der Waals surface area (Å²) in [4.78, 5) is 26.7. The summed E-state index contributed by atoms with van der Waals surface area (Å²) in [7, 11) is 5.54. The van der Waals surface area contributed by atoms with Crippen LogP contribution < -0.4 is 4.90 Å². The van der Waals surface area contributed by atoms with Crippen LogP contribution in [0.3, 0.4) is 0 Å². The molecule has 5 rings (SSSR count). The Morgan fingerprint density at radius 3 is 2.47 bits per heavy atom. The number of likely N-dealkylation sites (N-methyl/N-ethyl adjacent to an activating group) is 1. The number of carbonyl (C=O) groups excluding carboxylic acids is 1. The highest BCUT2D eigenvalue weighted by molar-refractivity contribution is 5.99. The van der Waals surface area contributed by atoms with Crippen LogP contribution in [0.5, 0.6) is 0 Å². The number of H-pyrrole nitrogens is 1. The highest BCUT2D eigenvalue weighted by Crippen LogP contribution is 2.33. The minimum absolute atomic E-state index is 0.184. The van der Waals surface area contributed by atoms with Crippen molar-refractivity contribution in [2.45, 2.75) is 6.92 Å². The van der Waals surface area contributed by atoms with E-state index in [1.807, 2.05) is 18.5 Å². The molecule has 1 aliphatic rings. The first-order valence-corrected chi connectivity index (χ1v) is 12.1. The van der Waals surface area contributed by atoms with Gasteiger partial charge >= 0.3 is 0 Å². The number of aromatic nitrogens is 2. The van der Waals surface area contributed by atoms with Crippen molar-refractivity contribution in [2.24, 2.45) is 0 Å². The number of fused-ring (bicyclic) bond motifs is 1. The summed E-state index contributed by atoms with van der Waals surface area (Å²) < 4.78 is 0. The molecule has 2 aromatic heterocycles. The Bertz CT molecular complexity index is 1490. The first-order valence-electron chi connectivity index (χ1n) is 12.1. The van der Waals surface area contributed by atoms with Crippen molar-refractivity contribution in [3.63, 3.8) is 0 Å². The first-order chi connectivity index (χ1) is 17.4. The second-order valence-electron chi connectivity index (χ2n) is 9.69. The molecule has 0 atom stereocenters. The van der Waals surface area contributed by atoms with Crippen LogP contribution in [0.1, 0.15) is 21.5 Å². The van der Waals surface area contributed by atoms with Crippen molar-refractivity contribution in [1.82, 2.24) is 19.8 Å². The lowest BCUT2D eigenvalue weighted by Crippen LogP contribution is -2.44. The molecule has 182 valence electrons. The van der Waals surface area contributed by atoms with E-state index >= 15 is 0 Å². The molecular weight excluding hydrogens is 448 g/mol. The average Bonchev–Trinajstić information content (AvgIpc) is 3.31. The number of nitrogens with one attached hydrogen (secondary N) is 1. The van der Waals surface area contributed by atoms with Gasteiger partial charge in [0.05, 0.1) is 17.2 Å². The van der Waals surface area contributed by atoms with E-state index in [0.717, 1.165) is 59.5 Å². The third kappa shape index (κ3) is 4.32. The fourth-order valence-corrected chi connectivity index (χ4v) is 4.87. The van der Waals surface area contributed by atoms with E-state index in [9.17, 15) is 10.1 Å². The molecule has 0 bridgehead atoms. The lowest BCUT2D eigenvalue weighted by molar-refractivity contribution is 0.0827. The molecule has 7 heteroatoms. The van der Waals surface area contributed by atoms with Gasteiger partial charge in [0, 0.05) is 74.9 Å². The number of nitrogens with zero attached hydrogens (tertiary/aromatic N) is 5. The van der Waals surface area contributed by atoms with Gasteiger partial charge in [-0.3, -0.25) is 4.79 Å². The van der Waals surface area contributed by atoms with Crippen molar-refractivity contribution in [3.8, 4) is 28.3 Å². The molecule has 0 spiro atoms. The number of carbonyl (C=O) groups is 1. The molecule has 1 amide bonds. The van der Waals surface area contributed by atoms with E-state index < -0.39 is 0 Å². The average molecular weight is 479 g/mol. The fraction of sp³-hybridized carbons (Fsp3) is 0.276. The molecule has 2 aromatic carbocycles. The number of hydrogen-bond acceptors (Lipinski definition) is 5. The smallest absolute Gasteiger partial charge is 0.254 e. The molecule has 1 N–H and O–H groups in total. The maximum atomic E-state index is 12.5. The van der Waals surface area contributed by atoms with Gasteiger partial charge in [0.25, 0.3) is 5.91 Å². The fourth-order valence-electron chi connectivity index (χ4n) is 4.87. The van der Waals surface area contributed by atoms with Crippen molar-refractivity contribution >= 4 is 22.6 Å². The van der Waals surface area contributed by atoms with E-state index in [-0.39, 0.29) is 5.91 Å². The molecule has 4 aromatic rings. The maximum absolute atomic E-state index is 12.5. The Morgan fingerprint density at radius 2 is 1.78 bits per heavy atom. The van der Waals surface area contributed by atoms with E-state index in [4.69, 9.17) is 0 Å². The molecule has 0 saturated carbocycles. The number of anilines is 1. The highest BCUT2D eigenvalue weighted by Gasteiger charge is 2.18. The summed E-state index contributed by atoms with van der Waals surface area (Å²) in [5.74, 6) is -0.184. The lowest BCUT2D eigenvalue weighted by Gasteiger charge is -2.35. The van der Waals surface area contributed by atoms with E-state index in [0.29, 0.717) is 11.1 Å². The van der Waals surface area contributed by atoms with Crippen LogP contribution in [0.15, 0.2) is 54.9 Å². The topological polar surface area (TPSA) is 79.3 Å². The number of aromatic amines is 1. The number of rotatable bonds is 4. The largest absolute Gasteiger partial charge is 0.369 e. The summed E-state index contributed by atoms with van der Waals surface area (Å²) in [5, 5.41) is 10.7. The number of pyridine rings is 1. The summed E-state index contributed by atoms with van der Waals surface area (Å²) >= 11 is 0. The zero-order valence-corrected chi connectivity index (χ0v) is 21.2. The van der Waals surface area contributed by atoms with Crippen LogP contribution in [-0.2, 0) is 0 Å². The van der Waals surface area contributed by atoms with Crippen LogP contribution in [0.4, 0.5) is 5.69 Å².